The molecule has 0 aromatic rings. The Balaban J connectivity index is 2.07. The van der Waals surface area contributed by atoms with Gasteiger partial charge in [-0.3, -0.25) is 0 Å². The van der Waals surface area contributed by atoms with Gasteiger partial charge in [-0.15, -0.1) is 0 Å². The number of hydrogen-bond donors (Lipinski definition) is 0. The zero-order valence-corrected chi connectivity index (χ0v) is 7.84. The van der Waals surface area contributed by atoms with Crippen molar-refractivity contribution in [1.29, 1.82) is 0 Å². The Bertz CT molecular complexity index is 201. The van der Waals surface area contributed by atoms with Crippen molar-refractivity contribution in [3.05, 3.63) is 0 Å². The van der Waals surface area contributed by atoms with E-state index in [1.807, 2.05) is 0 Å². The van der Waals surface area contributed by atoms with Crippen LogP contribution in [-0.2, 0) is 4.84 Å². The second kappa shape index (κ2) is 2.73. The molecule has 3 aliphatic heterocycles. The fourth-order valence-electron chi connectivity index (χ4n) is 2.41. The highest BCUT2D eigenvalue weighted by Crippen LogP contribution is 2.41. The first-order valence-corrected chi connectivity index (χ1v) is 4.57. The summed E-state index contributed by atoms with van der Waals surface area (Å²) in [7, 11) is 1.62. The Morgan fingerprint density at radius 1 is 1.50 bits per heavy atom. The minimum Gasteiger partial charge on any atom is -0.399 e. The van der Waals surface area contributed by atoms with Gasteiger partial charge in [0.1, 0.15) is 7.11 Å². The standard InChI is InChI=1S/C9H16N2O/c1-8(10-12-2)9-4-3-5-11(6-9)7-9/h3-7H2,1-2H3/b10-8-. The summed E-state index contributed by atoms with van der Waals surface area (Å²) >= 11 is 0. The van der Waals surface area contributed by atoms with Crippen LogP contribution in [0.5, 0.6) is 0 Å². The molecule has 0 spiro atoms. The van der Waals surface area contributed by atoms with Crippen LogP contribution in [0.2, 0.25) is 0 Å². The first-order chi connectivity index (χ1) is 5.77. The van der Waals surface area contributed by atoms with Crippen molar-refractivity contribution in [2.45, 2.75) is 19.8 Å². The van der Waals surface area contributed by atoms with Gasteiger partial charge in [0.2, 0.25) is 0 Å². The van der Waals surface area contributed by atoms with Crippen LogP contribution in [0.15, 0.2) is 5.16 Å². The number of rotatable bonds is 2. The molecule has 3 nitrogen and oxygen atoms in total. The average Bonchev–Trinajstić information content (AvgIpc) is 2.04. The topological polar surface area (TPSA) is 24.8 Å². The van der Waals surface area contributed by atoms with Crippen LogP contribution in [0.1, 0.15) is 19.8 Å². The lowest BCUT2D eigenvalue weighted by atomic mass is 9.69. The van der Waals surface area contributed by atoms with E-state index in [0.29, 0.717) is 5.41 Å². The maximum absolute atomic E-state index is 4.82. The summed E-state index contributed by atoms with van der Waals surface area (Å²) in [6.45, 7) is 5.77. The van der Waals surface area contributed by atoms with Crippen LogP contribution in [0.25, 0.3) is 0 Å². The van der Waals surface area contributed by atoms with Gasteiger partial charge in [0.05, 0.1) is 5.71 Å². The number of nitrogens with zero attached hydrogens (tertiary/aromatic N) is 2. The van der Waals surface area contributed by atoms with Crippen LogP contribution in [0.4, 0.5) is 0 Å². The molecular formula is C9H16N2O. The predicted molar refractivity (Wildman–Crippen MR) is 48.2 cm³/mol. The zero-order valence-electron chi connectivity index (χ0n) is 7.84. The van der Waals surface area contributed by atoms with Crippen molar-refractivity contribution >= 4 is 5.71 Å². The molecule has 68 valence electrons. The van der Waals surface area contributed by atoms with Gasteiger partial charge < -0.3 is 9.74 Å². The monoisotopic (exact) mass is 168 g/mol. The third-order valence-corrected chi connectivity index (χ3v) is 3.18. The van der Waals surface area contributed by atoms with Crippen LogP contribution < -0.4 is 0 Å². The van der Waals surface area contributed by atoms with Crippen LogP contribution in [-0.4, -0.2) is 37.4 Å². The van der Waals surface area contributed by atoms with Gasteiger partial charge in [-0.25, -0.2) is 0 Å². The van der Waals surface area contributed by atoms with Crippen molar-refractivity contribution in [3.63, 3.8) is 0 Å². The van der Waals surface area contributed by atoms with Crippen LogP contribution in [0.3, 0.4) is 0 Å². The van der Waals surface area contributed by atoms with Gasteiger partial charge in [-0.05, 0) is 26.3 Å². The molecule has 3 heterocycles. The van der Waals surface area contributed by atoms with E-state index in [2.05, 4.69) is 17.0 Å². The van der Waals surface area contributed by atoms with Gasteiger partial charge in [0.25, 0.3) is 0 Å². The summed E-state index contributed by atoms with van der Waals surface area (Å²) in [5.74, 6) is 0. The number of oxime groups is 1. The van der Waals surface area contributed by atoms with E-state index >= 15 is 0 Å². The smallest absolute Gasteiger partial charge is 0.106 e. The minimum atomic E-state index is 0.383. The SMILES string of the molecule is CO/N=C(/C)C12CCCN(C1)C2. The lowest BCUT2D eigenvalue weighted by Crippen LogP contribution is -2.63. The van der Waals surface area contributed by atoms with Gasteiger partial charge in [0, 0.05) is 18.5 Å². The lowest BCUT2D eigenvalue weighted by Gasteiger charge is -2.54. The molecule has 0 saturated carbocycles. The van der Waals surface area contributed by atoms with E-state index in [1.165, 1.54) is 38.2 Å². The van der Waals surface area contributed by atoms with Crippen molar-refractivity contribution in [1.82, 2.24) is 4.90 Å². The highest BCUT2D eigenvalue weighted by Gasteiger charge is 2.48. The maximum Gasteiger partial charge on any atom is 0.106 e. The summed E-state index contributed by atoms with van der Waals surface area (Å²) in [6.07, 6.45) is 2.61. The van der Waals surface area contributed by atoms with Crippen molar-refractivity contribution in [2.75, 3.05) is 26.7 Å². The second-order valence-corrected chi connectivity index (χ2v) is 3.95. The molecule has 3 rings (SSSR count). The summed E-state index contributed by atoms with van der Waals surface area (Å²) in [4.78, 5) is 7.30. The molecule has 0 N–H and O–H groups in total. The van der Waals surface area contributed by atoms with Crippen molar-refractivity contribution in [3.8, 4) is 0 Å². The van der Waals surface area contributed by atoms with E-state index in [1.54, 1.807) is 7.11 Å². The molecule has 0 aliphatic carbocycles. The largest absolute Gasteiger partial charge is 0.399 e. The summed E-state index contributed by atoms with van der Waals surface area (Å²) < 4.78 is 0. The third-order valence-electron chi connectivity index (χ3n) is 3.18. The summed E-state index contributed by atoms with van der Waals surface area (Å²) in [6, 6.07) is 0. The molecule has 2 bridgehead atoms. The average molecular weight is 168 g/mol. The van der Waals surface area contributed by atoms with Gasteiger partial charge in [0.15, 0.2) is 0 Å². The fourth-order valence-corrected chi connectivity index (χ4v) is 2.41. The number of hydrogen-bond acceptors (Lipinski definition) is 3. The lowest BCUT2D eigenvalue weighted by molar-refractivity contribution is 0.00122. The molecular weight excluding hydrogens is 152 g/mol. The fraction of sp³-hybridized carbons (Fsp3) is 0.889. The molecule has 3 saturated heterocycles. The highest BCUT2D eigenvalue weighted by molar-refractivity contribution is 5.89. The third kappa shape index (κ3) is 1.04. The highest BCUT2D eigenvalue weighted by atomic mass is 16.6. The van der Waals surface area contributed by atoms with E-state index in [0.717, 1.165) is 0 Å². The first kappa shape index (κ1) is 8.05. The Labute approximate surface area is 73.4 Å². The van der Waals surface area contributed by atoms with Crippen LogP contribution in [0, 0.1) is 5.41 Å². The molecule has 0 aromatic heterocycles. The number of fused-ring (bicyclic) bond motifs is 2. The molecule has 3 fully saturated rings. The van der Waals surface area contributed by atoms with Gasteiger partial charge in [-0.1, -0.05) is 5.16 Å². The molecule has 3 heteroatoms. The quantitative estimate of drug-likeness (QED) is 0.455. The minimum absolute atomic E-state index is 0.383. The van der Waals surface area contributed by atoms with Gasteiger partial charge in [-0.2, -0.15) is 0 Å². The maximum atomic E-state index is 4.82. The summed E-state index contributed by atoms with van der Waals surface area (Å²) in [5.41, 5.74) is 1.56. The molecule has 0 radical (unpaired) electrons. The summed E-state index contributed by atoms with van der Waals surface area (Å²) in [5, 5.41) is 4.05. The van der Waals surface area contributed by atoms with E-state index in [4.69, 9.17) is 4.84 Å². The second-order valence-electron chi connectivity index (χ2n) is 3.95. The van der Waals surface area contributed by atoms with E-state index in [9.17, 15) is 0 Å². The molecule has 0 atom stereocenters. The predicted octanol–water partition coefficient (Wildman–Crippen LogP) is 1.10. The van der Waals surface area contributed by atoms with E-state index in [-0.39, 0.29) is 0 Å². The van der Waals surface area contributed by atoms with Gasteiger partial charge >= 0.3 is 0 Å². The van der Waals surface area contributed by atoms with Crippen molar-refractivity contribution in [2.24, 2.45) is 10.6 Å². The molecule has 0 aromatic carbocycles. The Morgan fingerprint density at radius 3 is 2.75 bits per heavy atom. The molecule has 3 aliphatic rings. The molecule has 0 amide bonds. The number of piperidine rings is 2. The first-order valence-electron chi connectivity index (χ1n) is 4.57. The Kier molecular flexibility index (Phi) is 1.83. The molecule has 12 heavy (non-hydrogen) atoms. The Morgan fingerprint density at radius 2 is 2.25 bits per heavy atom. The Hall–Kier alpha value is -0.570. The van der Waals surface area contributed by atoms with E-state index < -0.39 is 0 Å². The van der Waals surface area contributed by atoms with Crippen LogP contribution >= 0.6 is 0 Å². The molecule has 0 unspecified atom stereocenters. The zero-order chi connectivity index (χ0) is 8.60. The van der Waals surface area contributed by atoms with Crippen molar-refractivity contribution < 1.29 is 4.84 Å². The normalized spacial score (nSPS) is 40.5.